The highest BCUT2D eigenvalue weighted by Crippen LogP contribution is 2.28. The van der Waals surface area contributed by atoms with Gasteiger partial charge in [0.15, 0.2) is 0 Å². The van der Waals surface area contributed by atoms with Crippen LogP contribution in [0.1, 0.15) is 62.5 Å². The van der Waals surface area contributed by atoms with Gasteiger partial charge in [-0.1, -0.05) is 86.8 Å². The first-order chi connectivity index (χ1) is 13.7. The molecule has 0 bridgehead atoms. The number of rotatable bonds is 12. The van der Waals surface area contributed by atoms with Gasteiger partial charge in [-0.3, -0.25) is 9.59 Å². The summed E-state index contributed by atoms with van der Waals surface area (Å²) in [6.45, 7) is 2.71. The number of carbonyl (C=O) groups excluding carboxylic acids is 2. The second kappa shape index (κ2) is 12.7. The standard InChI is InChI=1S/C24H31NO3/c1-2-3-4-11-16-23(26)25-17-18-28-24(27)19-22(20-12-7-5-8-13-20)21-14-9-6-10-15-21/h5-10,12-15,22H,2-4,11,16-19H2,1H3,(H,25,26). The molecule has 1 N–H and O–H groups in total. The van der Waals surface area contributed by atoms with Crippen molar-refractivity contribution in [2.45, 2.75) is 51.4 Å². The second-order valence-corrected chi connectivity index (χ2v) is 6.96. The number of nitrogens with one attached hydrogen (secondary N) is 1. The number of ether oxygens (including phenoxy) is 1. The van der Waals surface area contributed by atoms with E-state index in [0.717, 1.165) is 36.8 Å². The van der Waals surface area contributed by atoms with Crippen molar-refractivity contribution in [3.8, 4) is 0 Å². The van der Waals surface area contributed by atoms with Crippen molar-refractivity contribution in [1.29, 1.82) is 0 Å². The third kappa shape index (κ3) is 7.95. The first-order valence-electron chi connectivity index (χ1n) is 10.2. The van der Waals surface area contributed by atoms with Crippen LogP contribution in [0.3, 0.4) is 0 Å². The number of hydrogen-bond donors (Lipinski definition) is 1. The molecule has 4 nitrogen and oxygen atoms in total. The molecule has 0 atom stereocenters. The number of hydrogen-bond acceptors (Lipinski definition) is 3. The molecule has 0 aromatic heterocycles. The molecular weight excluding hydrogens is 350 g/mol. The molecule has 0 unspecified atom stereocenters. The highest BCUT2D eigenvalue weighted by molar-refractivity contribution is 5.76. The molecule has 2 rings (SSSR count). The Morgan fingerprint density at radius 3 is 2.07 bits per heavy atom. The van der Waals surface area contributed by atoms with Gasteiger partial charge in [0.25, 0.3) is 0 Å². The van der Waals surface area contributed by atoms with Crippen LogP contribution in [0.2, 0.25) is 0 Å². The van der Waals surface area contributed by atoms with Crippen molar-refractivity contribution >= 4 is 11.9 Å². The molecule has 4 heteroatoms. The number of esters is 1. The molecule has 0 radical (unpaired) electrons. The van der Waals surface area contributed by atoms with Gasteiger partial charge in [-0.25, -0.2) is 0 Å². The quantitative estimate of drug-likeness (QED) is 0.423. The summed E-state index contributed by atoms with van der Waals surface area (Å²) in [7, 11) is 0. The molecule has 0 fully saturated rings. The SMILES string of the molecule is CCCCCCC(=O)NCCOC(=O)CC(c1ccccc1)c1ccccc1. The van der Waals surface area contributed by atoms with Crippen LogP contribution in [0.25, 0.3) is 0 Å². The van der Waals surface area contributed by atoms with Crippen LogP contribution in [-0.4, -0.2) is 25.0 Å². The first-order valence-corrected chi connectivity index (χ1v) is 10.2. The summed E-state index contributed by atoms with van der Waals surface area (Å²) >= 11 is 0. The Balaban J connectivity index is 1.77. The number of benzene rings is 2. The van der Waals surface area contributed by atoms with Gasteiger partial charge in [0, 0.05) is 12.3 Å². The average molecular weight is 382 g/mol. The van der Waals surface area contributed by atoms with Gasteiger partial charge in [-0.05, 0) is 17.5 Å². The molecule has 0 aliphatic rings. The van der Waals surface area contributed by atoms with Gasteiger partial charge >= 0.3 is 5.97 Å². The van der Waals surface area contributed by atoms with Gasteiger partial charge in [-0.2, -0.15) is 0 Å². The maximum Gasteiger partial charge on any atom is 0.306 e. The maximum atomic E-state index is 12.4. The van der Waals surface area contributed by atoms with Crippen LogP contribution >= 0.6 is 0 Å². The van der Waals surface area contributed by atoms with Crippen molar-refractivity contribution in [1.82, 2.24) is 5.32 Å². The summed E-state index contributed by atoms with van der Waals surface area (Å²) in [6, 6.07) is 20.0. The molecule has 2 aromatic carbocycles. The minimum Gasteiger partial charge on any atom is -0.464 e. The molecule has 2 aromatic rings. The Hall–Kier alpha value is -2.62. The summed E-state index contributed by atoms with van der Waals surface area (Å²) in [6.07, 6.45) is 5.13. The topological polar surface area (TPSA) is 55.4 Å². The largest absolute Gasteiger partial charge is 0.464 e. The predicted octanol–water partition coefficient (Wildman–Crippen LogP) is 4.84. The van der Waals surface area contributed by atoms with Gasteiger partial charge in [0.05, 0.1) is 13.0 Å². The van der Waals surface area contributed by atoms with E-state index in [1.807, 2.05) is 60.7 Å². The molecule has 28 heavy (non-hydrogen) atoms. The van der Waals surface area contributed by atoms with Gasteiger partial charge in [-0.15, -0.1) is 0 Å². The second-order valence-electron chi connectivity index (χ2n) is 6.96. The lowest BCUT2D eigenvalue weighted by Crippen LogP contribution is -2.28. The van der Waals surface area contributed by atoms with Crippen molar-refractivity contribution in [2.24, 2.45) is 0 Å². The Labute approximate surface area is 168 Å². The maximum absolute atomic E-state index is 12.4. The molecular formula is C24H31NO3. The molecule has 0 spiro atoms. The number of carbonyl (C=O) groups is 2. The van der Waals surface area contributed by atoms with Gasteiger partial charge in [0.2, 0.25) is 5.91 Å². The monoisotopic (exact) mass is 381 g/mol. The lowest BCUT2D eigenvalue weighted by Gasteiger charge is -2.17. The van der Waals surface area contributed by atoms with Gasteiger partial charge < -0.3 is 10.1 Å². The van der Waals surface area contributed by atoms with Crippen molar-refractivity contribution in [3.05, 3.63) is 71.8 Å². The summed E-state index contributed by atoms with van der Waals surface area (Å²) in [5.74, 6) is -0.267. The van der Waals surface area contributed by atoms with E-state index in [1.54, 1.807) is 0 Å². The van der Waals surface area contributed by atoms with Gasteiger partial charge in [0.1, 0.15) is 6.61 Å². The minimum absolute atomic E-state index is 0.0265. The van der Waals surface area contributed by atoms with E-state index in [1.165, 1.54) is 0 Å². The zero-order valence-electron chi connectivity index (χ0n) is 16.7. The molecule has 1 amide bonds. The summed E-state index contributed by atoms with van der Waals surface area (Å²) < 4.78 is 5.36. The van der Waals surface area contributed by atoms with Crippen LogP contribution in [0.4, 0.5) is 0 Å². The van der Waals surface area contributed by atoms with E-state index >= 15 is 0 Å². The molecule has 0 aliphatic heterocycles. The fourth-order valence-electron chi connectivity index (χ4n) is 3.18. The molecule has 0 saturated heterocycles. The Kier molecular flexibility index (Phi) is 9.84. The van der Waals surface area contributed by atoms with Crippen LogP contribution in [0.15, 0.2) is 60.7 Å². The van der Waals surface area contributed by atoms with E-state index < -0.39 is 0 Å². The third-order valence-corrected chi connectivity index (χ3v) is 4.72. The Bertz CT molecular complexity index is 661. The normalized spacial score (nSPS) is 10.6. The highest BCUT2D eigenvalue weighted by Gasteiger charge is 2.18. The average Bonchev–Trinajstić information content (AvgIpc) is 2.74. The Morgan fingerprint density at radius 2 is 1.50 bits per heavy atom. The van der Waals surface area contributed by atoms with E-state index in [0.29, 0.717) is 13.0 Å². The molecule has 0 saturated carbocycles. The lowest BCUT2D eigenvalue weighted by molar-refractivity contribution is -0.144. The van der Waals surface area contributed by atoms with Crippen molar-refractivity contribution in [2.75, 3.05) is 13.2 Å². The molecule has 150 valence electrons. The summed E-state index contributed by atoms with van der Waals surface area (Å²) in [5.41, 5.74) is 2.18. The Morgan fingerprint density at radius 1 is 0.893 bits per heavy atom. The molecule has 0 heterocycles. The van der Waals surface area contributed by atoms with Crippen LogP contribution in [-0.2, 0) is 14.3 Å². The predicted molar refractivity (Wildman–Crippen MR) is 112 cm³/mol. The van der Waals surface area contributed by atoms with E-state index in [-0.39, 0.29) is 30.8 Å². The van der Waals surface area contributed by atoms with Crippen molar-refractivity contribution < 1.29 is 14.3 Å². The van der Waals surface area contributed by atoms with E-state index in [9.17, 15) is 9.59 Å². The summed E-state index contributed by atoms with van der Waals surface area (Å²) in [5, 5.41) is 2.82. The molecule has 0 aliphatic carbocycles. The zero-order valence-corrected chi connectivity index (χ0v) is 16.7. The number of amides is 1. The van der Waals surface area contributed by atoms with Crippen LogP contribution in [0, 0.1) is 0 Å². The fourth-order valence-corrected chi connectivity index (χ4v) is 3.18. The van der Waals surface area contributed by atoms with Crippen molar-refractivity contribution in [3.63, 3.8) is 0 Å². The first kappa shape index (κ1) is 21.7. The summed E-state index contributed by atoms with van der Waals surface area (Å²) in [4.78, 5) is 24.1. The van der Waals surface area contributed by atoms with E-state index in [4.69, 9.17) is 4.74 Å². The lowest BCUT2D eigenvalue weighted by atomic mass is 9.89. The fraction of sp³-hybridized carbons (Fsp3) is 0.417. The minimum atomic E-state index is -0.255. The number of unbranched alkanes of at least 4 members (excludes halogenated alkanes) is 3. The van der Waals surface area contributed by atoms with Crippen LogP contribution < -0.4 is 5.32 Å². The van der Waals surface area contributed by atoms with Crippen LogP contribution in [0.5, 0.6) is 0 Å². The highest BCUT2D eigenvalue weighted by atomic mass is 16.5. The smallest absolute Gasteiger partial charge is 0.306 e. The zero-order chi connectivity index (χ0) is 20.0. The third-order valence-electron chi connectivity index (χ3n) is 4.72. The van der Waals surface area contributed by atoms with E-state index in [2.05, 4.69) is 12.2 Å².